The Labute approximate surface area is 120 Å². The average molecular weight is 277 g/mol. The molecule has 0 radical (unpaired) electrons. The summed E-state index contributed by atoms with van der Waals surface area (Å²) in [5.41, 5.74) is 0.788. The van der Waals surface area contributed by atoms with Crippen molar-refractivity contribution in [2.24, 2.45) is 0 Å². The second-order valence-corrected chi connectivity index (χ2v) is 5.30. The molecule has 1 aromatic carbocycles. The number of hydrogen-bond donors (Lipinski definition) is 1. The van der Waals surface area contributed by atoms with Gasteiger partial charge in [-0.15, -0.1) is 0 Å². The third kappa shape index (κ3) is 3.63. The maximum atomic E-state index is 12.2. The molecule has 2 rings (SSSR count). The summed E-state index contributed by atoms with van der Waals surface area (Å²) < 4.78 is 5.10. The number of benzene rings is 1. The molecule has 5 heteroatoms. The van der Waals surface area contributed by atoms with Gasteiger partial charge in [0.15, 0.2) is 0 Å². The molecule has 1 aliphatic heterocycles. The Hall–Kier alpha value is -1.75. The van der Waals surface area contributed by atoms with E-state index in [1.807, 2.05) is 36.2 Å². The summed E-state index contributed by atoms with van der Waals surface area (Å²) in [6, 6.07) is 7.64. The molecular weight excluding hydrogens is 254 g/mol. The van der Waals surface area contributed by atoms with Gasteiger partial charge in [-0.1, -0.05) is 0 Å². The van der Waals surface area contributed by atoms with E-state index in [-0.39, 0.29) is 6.03 Å². The molecule has 0 aliphatic carbocycles. The van der Waals surface area contributed by atoms with Crippen molar-refractivity contribution in [1.29, 1.82) is 0 Å². The molecule has 5 nitrogen and oxygen atoms in total. The topological polar surface area (TPSA) is 44.8 Å². The number of amides is 2. The van der Waals surface area contributed by atoms with E-state index >= 15 is 0 Å². The molecule has 0 aromatic heterocycles. The van der Waals surface area contributed by atoms with Crippen molar-refractivity contribution in [3.63, 3.8) is 0 Å². The molecular formula is C15H23N3O2. The largest absolute Gasteiger partial charge is 0.497 e. The van der Waals surface area contributed by atoms with Crippen LogP contribution in [0, 0.1) is 0 Å². The molecule has 0 atom stereocenters. The summed E-state index contributed by atoms with van der Waals surface area (Å²) in [4.78, 5) is 16.3. The zero-order chi connectivity index (χ0) is 14.5. The molecule has 1 N–H and O–H groups in total. The Morgan fingerprint density at radius 2 is 1.90 bits per heavy atom. The van der Waals surface area contributed by atoms with Crippen molar-refractivity contribution >= 4 is 11.7 Å². The van der Waals surface area contributed by atoms with Crippen molar-refractivity contribution in [3.8, 4) is 5.75 Å². The third-order valence-electron chi connectivity index (χ3n) is 3.90. The summed E-state index contributed by atoms with van der Waals surface area (Å²) in [6.07, 6.45) is 2.06. The van der Waals surface area contributed by atoms with Crippen LogP contribution in [-0.4, -0.2) is 56.2 Å². The Morgan fingerprint density at radius 3 is 2.45 bits per heavy atom. The van der Waals surface area contributed by atoms with Gasteiger partial charge in [0, 0.05) is 18.8 Å². The lowest BCUT2D eigenvalue weighted by Crippen LogP contribution is -2.46. The van der Waals surface area contributed by atoms with Gasteiger partial charge in [0.2, 0.25) is 0 Å². The molecule has 1 fully saturated rings. The number of likely N-dealkylation sites (tertiary alicyclic amines) is 1. The van der Waals surface area contributed by atoms with E-state index in [9.17, 15) is 4.79 Å². The van der Waals surface area contributed by atoms with E-state index < -0.39 is 0 Å². The second-order valence-electron chi connectivity index (χ2n) is 5.30. The number of urea groups is 1. The Balaban J connectivity index is 1.89. The highest BCUT2D eigenvalue weighted by Crippen LogP contribution is 2.18. The summed E-state index contributed by atoms with van der Waals surface area (Å²) in [7, 11) is 5.62. The maximum Gasteiger partial charge on any atom is 0.321 e. The van der Waals surface area contributed by atoms with Gasteiger partial charge in [-0.2, -0.15) is 0 Å². The van der Waals surface area contributed by atoms with Crippen LogP contribution in [0.25, 0.3) is 0 Å². The van der Waals surface area contributed by atoms with Gasteiger partial charge < -0.3 is 19.9 Å². The third-order valence-corrected chi connectivity index (χ3v) is 3.90. The zero-order valence-electron chi connectivity index (χ0n) is 12.4. The molecule has 0 saturated carbocycles. The maximum absolute atomic E-state index is 12.2. The van der Waals surface area contributed by atoms with E-state index in [4.69, 9.17) is 4.74 Å². The van der Waals surface area contributed by atoms with E-state index in [1.54, 1.807) is 7.11 Å². The fraction of sp³-hybridized carbons (Fsp3) is 0.533. The molecule has 1 heterocycles. The zero-order valence-corrected chi connectivity index (χ0v) is 12.4. The molecule has 2 amide bonds. The van der Waals surface area contributed by atoms with Crippen molar-refractivity contribution in [1.82, 2.24) is 9.80 Å². The van der Waals surface area contributed by atoms with Crippen LogP contribution >= 0.6 is 0 Å². The minimum Gasteiger partial charge on any atom is -0.497 e. The first-order valence-electron chi connectivity index (χ1n) is 6.96. The predicted octanol–water partition coefficient (Wildman–Crippen LogP) is 2.25. The lowest BCUT2D eigenvalue weighted by molar-refractivity contribution is 0.156. The van der Waals surface area contributed by atoms with Crippen LogP contribution in [0.5, 0.6) is 5.75 Å². The Kier molecular flexibility index (Phi) is 4.84. The van der Waals surface area contributed by atoms with Crippen LogP contribution in [0.2, 0.25) is 0 Å². The fourth-order valence-electron chi connectivity index (χ4n) is 2.43. The van der Waals surface area contributed by atoms with Gasteiger partial charge >= 0.3 is 6.03 Å². The second kappa shape index (κ2) is 6.61. The van der Waals surface area contributed by atoms with Crippen LogP contribution in [-0.2, 0) is 0 Å². The molecule has 0 bridgehead atoms. The first kappa shape index (κ1) is 14.7. The SMILES string of the molecule is COc1ccc(NC(=O)N(C)C2CCN(C)CC2)cc1. The fourth-order valence-corrected chi connectivity index (χ4v) is 2.43. The lowest BCUT2D eigenvalue weighted by Gasteiger charge is -2.35. The normalized spacial score (nSPS) is 16.8. The summed E-state index contributed by atoms with van der Waals surface area (Å²) in [5, 5.41) is 2.92. The summed E-state index contributed by atoms with van der Waals surface area (Å²) in [5.74, 6) is 0.784. The number of piperidine rings is 1. The van der Waals surface area contributed by atoms with E-state index in [0.717, 1.165) is 37.4 Å². The van der Waals surface area contributed by atoms with Gasteiger partial charge in [0.1, 0.15) is 5.75 Å². The number of nitrogens with zero attached hydrogens (tertiary/aromatic N) is 2. The van der Waals surface area contributed by atoms with E-state index in [2.05, 4.69) is 17.3 Å². The number of nitrogens with one attached hydrogen (secondary N) is 1. The highest BCUT2D eigenvalue weighted by Gasteiger charge is 2.23. The first-order chi connectivity index (χ1) is 9.60. The monoisotopic (exact) mass is 277 g/mol. The van der Waals surface area contributed by atoms with E-state index in [1.165, 1.54) is 0 Å². The molecule has 1 aliphatic rings. The van der Waals surface area contributed by atoms with Crippen molar-refractivity contribution in [2.45, 2.75) is 18.9 Å². The molecule has 0 spiro atoms. The quantitative estimate of drug-likeness (QED) is 0.921. The smallest absolute Gasteiger partial charge is 0.321 e. The number of carbonyl (C=O) groups is 1. The highest BCUT2D eigenvalue weighted by molar-refractivity contribution is 5.89. The number of carbonyl (C=O) groups excluding carboxylic acids is 1. The Morgan fingerprint density at radius 1 is 1.30 bits per heavy atom. The van der Waals surface area contributed by atoms with Gasteiger partial charge in [0.05, 0.1) is 7.11 Å². The number of rotatable bonds is 3. The van der Waals surface area contributed by atoms with Gasteiger partial charge in [0.25, 0.3) is 0 Å². The van der Waals surface area contributed by atoms with Crippen molar-refractivity contribution in [2.75, 3.05) is 39.6 Å². The van der Waals surface area contributed by atoms with Crippen molar-refractivity contribution in [3.05, 3.63) is 24.3 Å². The highest BCUT2D eigenvalue weighted by atomic mass is 16.5. The number of ether oxygens (including phenoxy) is 1. The van der Waals surface area contributed by atoms with Gasteiger partial charge in [-0.3, -0.25) is 0 Å². The molecule has 1 saturated heterocycles. The molecule has 20 heavy (non-hydrogen) atoms. The van der Waals surface area contributed by atoms with Crippen LogP contribution in [0.3, 0.4) is 0 Å². The number of hydrogen-bond acceptors (Lipinski definition) is 3. The number of anilines is 1. The van der Waals surface area contributed by atoms with Crippen LogP contribution in [0.1, 0.15) is 12.8 Å². The standard InChI is InChI=1S/C15H23N3O2/c1-17-10-8-13(9-11-17)18(2)15(19)16-12-4-6-14(20-3)7-5-12/h4-7,13H,8-11H2,1-3H3,(H,16,19). The Bertz CT molecular complexity index is 439. The van der Waals surface area contributed by atoms with Gasteiger partial charge in [-0.05, 0) is 57.2 Å². The van der Waals surface area contributed by atoms with Crippen LogP contribution in [0.4, 0.5) is 10.5 Å². The summed E-state index contributed by atoms with van der Waals surface area (Å²) in [6.45, 7) is 2.09. The summed E-state index contributed by atoms with van der Waals surface area (Å²) >= 11 is 0. The molecule has 110 valence electrons. The average Bonchev–Trinajstić information content (AvgIpc) is 2.48. The van der Waals surface area contributed by atoms with E-state index in [0.29, 0.717) is 6.04 Å². The lowest BCUT2D eigenvalue weighted by atomic mass is 10.0. The molecule has 0 unspecified atom stereocenters. The van der Waals surface area contributed by atoms with Crippen LogP contribution < -0.4 is 10.1 Å². The minimum atomic E-state index is -0.0512. The minimum absolute atomic E-state index is 0.0512. The number of methoxy groups -OCH3 is 1. The van der Waals surface area contributed by atoms with Crippen LogP contribution in [0.15, 0.2) is 24.3 Å². The van der Waals surface area contributed by atoms with Crippen molar-refractivity contribution < 1.29 is 9.53 Å². The predicted molar refractivity (Wildman–Crippen MR) is 80.3 cm³/mol. The first-order valence-corrected chi connectivity index (χ1v) is 6.96. The molecule has 1 aromatic rings. The van der Waals surface area contributed by atoms with Gasteiger partial charge in [-0.25, -0.2) is 4.79 Å².